The van der Waals surface area contributed by atoms with E-state index in [0.29, 0.717) is 17.8 Å². The molecular weight excluding hydrogens is 344 g/mol. The van der Waals surface area contributed by atoms with E-state index in [9.17, 15) is 9.59 Å². The van der Waals surface area contributed by atoms with Crippen LogP contribution in [0.4, 0.5) is 11.4 Å². The van der Waals surface area contributed by atoms with E-state index in [1.165, 1.54) is 0 Å². The van der Waals surface area contributed by atoms with Crippen molar-refractivity contribution < 1.29 is 9.59 Å². The number of benzene rings is 2. The van der Waals surface area contributed by atoms with Crippen molar-refractivity contribution >= 4 is 46.6 Å². The predicted octanol–water partition coefficient (Wildman–Crippen LogP) is 4.01. The van der Waals surface area contributed by atoms with E-state index in [2.05, 4.69) is 5.32 Å². The molecule has 2 aromatic carbocycles. The Balaban J connectivity index is 1.88. The fraction of sp³-hybridized carbons (Fsp3) is 0.222. The Bertz CT molecular complexity index is 752. The summed E-state index contributed by atoms with van der Waals surface area (Å²) in [6, 6.07) is 14.9. The van der Waals surface area contributed by atoms with Crippen molar-refractivity contribution in [2.24, 2.45) is 0 Å². The SMILES string of the molecule is O=C(CCCl)Nc1ccc2c(c1)N(C(=O)c1ccccc1)CCS2. The Kier molecular flexibility index (Phi) is 5.43. The van der Waals surface area contributed by atoms with Crippen LogP contribution in [-0.4, -0.2) is 30.0 Å². The molecule has 1 aliphatic heterocycles. The van der Waals surface area contributed by atoms with Crippen LogP contribution in [0.2, 0.25) is 0 Å². The summed E-state index contributed by atoms with van der Waals surface area (Å²) in [5.41, 5.74) is 2.17. The summed E-state index contributed by atoms with van der Waals surface area (Å²) in [5.74, 6) is 0.977. The number of anilines is 2. The third kappa shape index (κ3) is 3.74. The lowest BCUT2D eigenvalue weighted by Crippen LogP contribution is -2.35. The van der Waals surface area contributed by atoms with Crippen molar-refractivity contribution in [3.8, 4) is 0 Å². The van der Waals surface area contributed by atoms with Crippen LogP contribution in [-0.2, 0) is 4.79 Å². The van der Waals surface area contributed by atoms with E-state index < -0.39 is 0 Å². The number of halogens is 1. The number of carbonyl (C=O) groups excluding carboxylic acids is 2. The van der Waals surface area contributed by atoms with Crippen LogP contribution in [0.1, 0.15) is 16.8 Å². The Morgan fingerprint density at radius 2 is 1.96 bits per heavy atom. The highest BCUT2D eigenvalue weighted by atomic mass is 35.5. The Hall–Kier alpha value is -1.98. The molecule has 3 rings (SSSR count). The average molecular weight is 361 g/mol. The van der Waals surface area contributed by atoms with E-state index in [1.54, 1.807) is 16.7 Å². The minimum Gasteiger partial charge on any atom is -0.326 e. The molecule has 0 spiro atoms. The Labute approximate surface area is 150 Å². The normalized spacial score (nSPS) is 13.3. The number of amides is 2. The second-order valence-corrected chi connectivity index (χ2v) is 6.86. The number of thioether (sulfide) groups is 1. The van der Waals surface area contributed by atoms with Crippen LogP contribution in [0.3, 0.4) is 0 Å². The van der Waals surface area contributed by atoms with E-state index in [0.717, 1.165) is 16.3 Å². The maximum atomic E-state index is 12.8. The largest absolute Gasteiger partial charge is 0.326 e. The van der Waals surface area contributed by atoms with Crippen molar-refractivity contribution in [2.45, 2.75) is 11.3 Å². The number of rotatable bonds is 4. The molecule has 0 bridgehead atoms. The number of fused-ring (bicyclic) bond motifs is 1. The number of nitrogens with zero attached hydrogens (tertiary/aromatic N) is 1. The van der Waals surface area contributed by atoms with Crippen molar-refractivity contribution in [1.29, 1.82) is 0 Å². The van der Waals surface area contributed by atoms with Gasteiger partial charge in [0, 0.05) is 40.7 Å². The van der Waals surface area contributed by atoms with E-state index in [-0.39, 0.29) is 24.1 Å². The summed E-state index contributed by atoms with van der Waals surface area (Å²) in [5, 5.41) is 2.82. The van der Waals surface area contributed by atoms with Crippen LogP contribution >= 0.6 is 23.4 Å². The van der Waals surface area contributed by atoms with Crippen molar-refractivity contribution in [3.63, 3.8) is 0 Å². The lowest BCUT2D eigenvalue weighted by atomic mass is 10.1. The smallest absolute Gasteiger partial charge is 0.258 e. The van der Waals surface area contributed by atoms with Crippen LogP contribution in [0.25, 0.3) is 0 Å². The summed E-state index contributed by atoms with van der Waals surface area (Å²) >= 11 is 7.31. The molecule has 0 radical (unpaired) electrons. The minimum atomic E-state index is -0.130. The molecule has 124 valence electrons. The van der Waals surface area contributed by atoms with Gasteiger partial charge in [-0.2, -0.15) is 0 Å². The standard InChI is InChI=1S/C18H17ClN2O2S/c19-9-8-17(22)20-14-6-7-16-15(12-14)21(10-11-24-16)18(23)13-4-2-1-3-5-13/h1-7,12H,8-11H2,(H,20,22). The summed E-state index contributed by atoms with van der Waals surface area (Å²) in [6.45, 7) is 0.643. The minimum absolute atomic E-state index is 0.0265. The van der Waals surface area contributed by atoms with E-state index in [4.69, 9.17) is 11.6 Å². The fourth-order valence-electron chi connectivity index (χ4n) is 2.55. The second-order valence-electron chi connectivity index (χ2n) is 5.34. The molecule has 1 aliphatic rings. The quantitative estimate of drug-likeness (QED) is 0.838. The van der Waals surface area contributed by atoms with Gasteiger partial charge in [0.1, 0.15) is 0 Å². The van der Waals surface area contributed by atoms with Gasteiger partial charge in [0.15, 0.2) is 0 Å². The highest BCUT2D eigenvalue weighted by Crippen LogP contribution is 2.37. The molecule has 2 amide bonds. The van der Waals surface area contributed by atoms with Crippen LogP contribution in [0.5, 0.6) is 0 Å². The molecule has 6 heteroatoms. The maximum Gasteiger partial charge on any atom is 0.258 e. The van der Waals surface area contributed by atoms with Gasteiger partial charge < -0.3 is 10.2 Å². The number of carbonyl (C=O) groups is 2. The van der Waals surface area contributed by atoms with Crippen LogP contribution in [0, 0.1) is 0 Å². The highest BCUT2D eigenvalue weighted by molar-refractivity contribution is 7.99. The molecule has 1 N–H and O–H groups in total. The average Bonchev–Trinajstić information content (AvgIpc) is 2.61. The zero-order chi connectivity index (χ0) is 16.9. The molecule has 0 saturated heterocycles. The molecule has 24 heavy (non-hydrogen) atoms. The number of hydrogen-bond donors (Lipinski definition) is 1. The molecular formula is C18H17ClN2O2S. The van der Waals surface area contributed by atoms with Gasteiger partial charge >= 0.3 is 0 Å². The summed E-state index contributed by atoms with van der Waals surface area (Å²) in [4.78, 5) is 27.4. The monoisotopic (exact) mass is 360 g/mol. The fourth-order valence-corrected chi connectivity index (χ4v) is 3.70. The summed E-state index contributed by atoms with van der Waals surface area (Å²) in [6.07, 6.45) is 0.264. The molecule has 0 saturated carbocycles. The van der Waals surface area contributed by atoms with Gasteiger partial charge in [-0.05, 0) is 30.3 Å². The van der Waals surface area contributed by atoms with Gasteiger partial charge in [0.25, 0.3) is 5.91 Å². The van der Waals surface area contributed by atoms with Crippen molar-refractivity contribution in [3.05, 3.63) is 54.1 Å². The third-order valence-electron chi connectivity index (χ3n) is 3.69. The Morgan fingerprint density at radius 1 is 1.17 bits per heavy atom. The molecule has 0 atom stereocenters. The molecule has 0 aromatic heterocycles. The van der Waals surface area contributed by atoms with Gasteiger partial charge in [-0.1, -0.05) is 18.2 Å². The van der Waals surface area contributed by atoms with Gasteiger partial charge in [0.05, 0.1) is 5.69 Å². The molecule has 0 unspecified atom stereocenters. The van der Waals surface area contributed by atoms with Crippen molar-refractivity contribution in [2.75, 3.05) is 28.4 Å². The maximum absolute atomic E-state index is 12.8. The van der Waals surface area contributed by atoms with Crippen LogP contribution < -0.4 is 10.2 Å². The lowest BCUT2D eigenvalue weighted by molar-refractivity contribution is -0.115. The third-order valence-corrected chi connectivity index (χ3v) is 4.93. The van der Waals surface area contributed by atoms with Gasteiger partial charge in [-0.25, -0.2) is 0 Å². The summed E-state index contributed by atoms with van der Waals surface area (Å²) in [7, 11) is 0. The first-order valence-corrected chi connectivity index (χ1v) is 9.20. The molecule has 0 aliphatic carbocycles. The zero-order valence-electron chi connectivity index (χ0n) is 13.0. The summed E-state index contributed by atoms with van der Waals surface area (Å²) < 4.78 is 0. The lowest BCUT2D eigenvalue weighted by Gasteiger charge is -2.29. The first-order valence-electron chi connectivity index (χ1n) is 7.68. The first-order chi connectivity index (χ1) is 11.7. The van der Waals surface area contributed by atoms with Gasteiger partial charge in [0.2, 0.25) is 5.91 Å². The number of alkyl halides is 1. The molecule has 0 fully saturated rings. The predicted molar refractivity (Wildman–Crippen MR) is 99.3 cm³/mol. The van der Waals surface area contributed by atoms with Gasteiger partial charge in [-0.15, -0.1) is 23.4 Å². The highest BCUT2D eigenvalue weighted by Gasteiger charge is 2.24. The number of nitrogens with one attached hydrogen (secondary N) is 1. The van der Waals surface area contributed by atoms with Crippen LogP contribution in [0.15, 0.2) is 53.4 Å². The number of hydrogen-bond acceptors (Lipinski definition) is 3. The molecule has 4 nitrogen and oxygen atoms in total. The molecule has 2 aromatic rings. The zero-order valence-corrected chi connectivity index (χ0v) is 14.6. The topological polar surface area (TPSA) is 49.4 Å². The van der Waals surface area contributed by atoms with Gasteiger partial charge in [-0.3, -0.25) is 9.59 Å². The van der Waals surface area contributed by atoms with E-state index in [1.807, 2.05) is 48.5 Å². The van der Waals surface area contributed by atoms with Crippen molar-refractivity contribution in [1.82, 2.24) is 0 Å². The second kappa shape index (κ2) is 7.73. The first kappa shape index (κ1) is 16.9. The van der Waals surface area contributed by atoms with E-state index >= 15 is 0 Å². The Morgan fingerprint density at radius 3 is 2.71 bits per heavy atom. The molecule has 1 heterocycles.